The van der Waals surface area contributed by atoms with Crippen LogP contribution in [0.15, 0.2) is 54.6 Å². The van der Waals surface area contributed by atoms with E-state index in [2.05, 4.69) is 45.4 Å². The van der Waals surface area contributed by atoms with Gasteiger partial charge in [0.1, 0.15) is 5.75 Å². The molecule has 0 atom stereocenters. The number of ether oxygens (including phenoxy) is 1. The van der Waals surface area contributed by atoms with Crippen LogP contribution >= 0.6 is 11.6 Å². The molecule has 0 spiro atoms. The zero-order chi connectivity index (χ0) is 19.6. The van der Waals surface area contributed by atoms with Crippen LogP contribution in [-0.4, -0.2) is 56.7 Å². The summed E-state index contributed by atoms with van der Waals surface area (Å²) in [6, 6.07) is 17.7. The number of hydrogen-bond donors (Lipinski definition) is 1. The molecule has 5 nitrogen and oxygen atoms in total. The van der Waals surface area contributed by atoms with E-state index in [-0.39, 0.29) is 5.91 Å². The van der Waals surface area contributed by atoms with Crippen LogP contribution in [0.4, 0.5) is 5.69 Å². The minimum absolute atomic E-state index is 0.0304. The maximum atomic E-state index is 11.9. The van der Waals surface area contributed by atoms with Gasteiger partial charge in [0, 0.05) is 43.4 Å². The number of piperazine rings is 1. The lowest BCUT2D eigenvalue weighted by Gasteiger charge is -2.36. The molecule has 2 aromatic carbocycles. The zero-order valence-corrected chi connectivity index (χ0v) is 16.9. The Morgan fingerprint density at radius 2 is 1.71 bits per heavy atom. The van der Waals surface area contributed by atoms with Crippen molar-refractivity contribution in [3.63, 3.8) is 0 Å². The van der Waals surface area contributed by atoms with Gasteiger partial charge >= 0.3 is 0 Å². The van der Waals surface area contributed by atoms with Gasteiger partial charge in [-0.15, -0.1) is 0 Å². The largest absolute Gasteiger partial charge is 0.493 e. The number of nitrogens with zero attached hydrogens (tertiary/aromatic N) is 2. The number of halogens is 1. The molecular weight excluding hydrogens is 374 g/mol. The summed E-state index contributed by atoms with van der Waals surface area (Å²) in [5.41, 5.74) is 1.30. The molecule has 0 bridgehead atoms. The number of amides is 1. The summed E-state index contributed by atoms with van der Waals surface area (Å²) in [6.07, 6.45) is 1.33. The van der Waals surface area contributed by atoms with Crippen LogP contribution in [0.3, 0.4) is 0 Å². The summed E-state index contributed by atoms with van der Waals surface area (Å²) in [5, 5.41) is 3.65. The molecule has 1 heterocycles. The van der Waals surface area contributed by atoms with Crippen molar-refractivity contribution >= 4 is 23.2 Å². The molecule has 0 radical (unpaired) electrons. The van der Waals surface area contributed by atoms with Crippen LogP contribution in [-0.2, 0) is 4.79 Å². The minimum Gasteiger partial charge on any atom is -0.493 e. The first-order valence-corrected chi connectivity index (χ1v) is 10.3. The number of benzene rings is 2. The van der Waals surface area contributed by atoms with Crippen molar-refractivity contribution in [2.24, 2.45) is 0 Å². The normalized spacial score (nSPS) is 14.7. The second-order valence-electron chi connectivity index (χ2n) is 6.92. The number of carbonyl (C=O) groups excluding carboxylic acids is 1. The molecule has 0 aliphatic carbocycles. The molecule has 150 valence electrons. The Morgan fingerprint density at radius 3 is 2.43 bits per heavy atom. The highest BCUT2D eigenvalue weighted by molar-refractivity contribution is 6.30. The van der Waals surface area contributed by atoms with Crippen LogP contribution in [0.25, 0.3) is 0 Å². The summed E-state index contributed by atoms with van der Waals surface area (Å²) >= 11 is 5.83. The summed E-state index contributed by atoms with van der Waals surface area (Å²) in [6.45, 7) is 6.34. The van der Waals surface area contributed by atoms with Gasteiger partial charge in [-0.3, -0.25) is 9.69 Å². The van der Waals surface area contributed by atoms with E-state index in [0.29, 0.717) is 24.6 Å². The SMILES string of the molecule is O=C(CCOc1ccc(Cl)cc1)NCCCN1CCN(c2ccccc2)CC1. The summed E-state index contributed by atoms with van der Waals surface area (Å²) < 4.78 is 5.55. The Bertz CT molecular complexity index is 716. The molecule has 1 aliphatic heterocycles. The fraction of sp³-hybridized carbons (Fsp3) is 0.409. The van der Waals surface area contributed by atoms with Crippen molar-refractivity contribution in [2.75, 3.05) is 50.8 Å². The van der Waals surface area contributed by atoms with E-state index >= 15 is 0 Å². The van der Waals surface area contributed by atoms with Crippen molar-refractivity contribution in [1.82, 2.24) is 10.2 Å². The predicted molar refractivity (Wildman–Crippen MR) is 114 cm³/mol. The Balaban J connectivity index is 1.23. The van der Waals surface area contributed by atoms with Gasteiger partial charge in [-0.05, 0) is 49.4 Å². The predicted octanol–water partition coefficient (Wildman–Crippen LogP) is 3.44. The van der Waals surface area contributed by atoms with E-state index in [1.807, 2.05) is 0 Å². The van der Waals surface area contributed by atoms with Crippen molar-refractivity contribution in [3.05, 3.63) is 59.6 Å². The van der Waals surface area contributed by atoms with Gasteiger partial charge in [0.15, 0.2) is 0 Å². The molecule has 1 fully saturated rings. The zero-order valence-electron chi connectivity index (χ0n) is 16.1. The lowest BCUT2D eigenvalue weighted by molar-refractivity contribution is -0.121. The van der Waals surface area contributed by atoms with Gasteiger partial charge in [-0.25, -0.2) is 0 Å². The fourth-order valence-corrected chi connectivity index (χ4v) is 3.41. The van der Waals surface area contributed by atoms with Crippen LogP contribution in [0.5, 0.6) is 5.75 Å². The monoisotopic (exact) mass is 401 g/mol. The first-order chi connectivity index (χ1) is 13.7. The van der Waals surface area contributed by atoms with Crippen LogP contribution in [0.2, 0.25) is 5.02 Å². The molecule has 0 unspecified atom stereocenters. The Labute approximate surface area is 172 Å². The average Bonchev–Trinajstić information content (AvgIpc) is 2.74. The van der Waals surface area contributed by atoms with Crippen molar-refractivity contribution < 1.29 is 9.53 Å². The second kappa shape index (κ2) is 10.9. The van der Waals surface area contributed by atoms with E-state index in [0.717, 1.165) is 44.9 Å². The highest BCUT2D eigenvalue weighted by Crippen LogP contribution is 2.16. The Morgan fingerprint density at radius 1 is 1.00 bits per heavy atom. The van der Waals surface area contributed by atoms with E-state index in [1.165, 1.54) is 5.69 Å². The van der Waals surface area contributed by atoms with E-state index in [9.17, 15) is 4.79 Å². The summed E-state index contributed by atoms with van der Waals surface area (Å²) in [7, 11) is 0. The van der Waals surface area contributed by atoms with E-state index < -0.39 is 0 Å². The second-order valence-corrected chi connectivity index (χ2v) is 7.36. The maximum Gasteiger partial charge on any atom is 0.223 e. The van der Waals surface area contributed by atoms with Gasteiger partial charge in [0.25, 0.3) is 0 Å². The summed E-state index contributed by atoms with van der Waals surface area (Å²) in [4.78, 5) is 16.8. The van der Waals surface area contributed by atoms with Crippen LogP contribution < -0.4 is 15.0 Å². The highest BCUT2D eigenvalue weighted by Gasteiger charge is 2.16. The third kappa shape index (κ3) is 6.73. The Hall–Kier alpha value is -2.24. The quantitative estimate of drug-likeness (QED) is 0.654. The number of para-hydroxylation sites is 1. The standard InChI is InChI=1S/C22H28ClN3O2/c23-19-7-9-21(10-8-19)28-18-11-22(27)24-12-4-13-25-14-16-26(17-15-25)20-5-2-1-3-6-20/h1-3,5-10H,4,11-18H2,(H,24,27). The van der Waals surface area contributed by atoms with Crippen molar-refractivity contribution in [2.45, 2.75) is 12.8 Å². The molecule has 2 aromatic rings. The number of anilines is 1. The Kier molecular flexibility index (Phi) is 8.00. The molecule has 1 amide bonds. The summed E-state index contributed by atoms with van der Waals surface area (Å²) in [5.74, 6) is 0.759. The lowest BCUT2D eigenvalue weighted by Crippen LogP contribution is -2.47. The topological polar surface area (TPSA) is 44.8 Å². The molecule has 3 rings (SSSR count). The maximum absolute atomic E-state index is 11.9. The van der Waals surface area contributed by atoms with Crippen molar-refractivity contribution in [3.8, 4) is 5.75 Å². The molecular formula is C22H28ClN3O2. The van der Waals surface area contributed by atoms with Crippen LogP contribution in [0, 0.1) is 0 Å². The van der Waals surface area contributed by atoms with Crippen molar-refractivity contribution in [1.29, 1.82) is 0 Å². The fourth-order valence-electron chi connectivity index (χ4n) is 3.28. The third-order valence-corrected chi connectivity index (χ3v) is 5.13. The van der Waals surface area contributed by atoms with Crippen LogP contribution in [0.1, 0.15) is 12.8 Å². The number of carbonyl (C=O) groups is 1. The molecule has 28 heavy (non-hydrogen) atoms. The van der Waals surface area contributed by atoms with Gasteiger partial charge in [0.2, 0.25) is 5.91 Å². The molecule has 6 heteroatoms. The molecule has 0 saturated carbocycles. The minimum atomic E-state index is 0.0304. The highest BCUT2D eigenvalue weighted by atomic mass is 35.5. The number of hydrogen-bond acceptors (Lipinski definition) is 4. The van der Waals surface area contributed by atoms with Gasteiger partial charge in [0.05, 0.1) is 13.0 Å². The number of rotatable bonds is 9. The lowest BCUT2D eigenvalue weighted by atomic mass is 10.2. The van der Waals surface area contributed by atoms with E-state index in [1.54, 1.807) is 24.3 Å². The average molecular weight is 402 g/mol. The molecule has 1 aliphatic rings. The van der Waals surface area contributed by atoms with E-state index in [4.69, 9.17) is 16.3 Å². The third-order valence-electron chi connectivity index (χ3n) is 4.88. The van der Waals surface area contributed by atoms with Gasteiger partial charge in [-0.2, -0.15) is 0 Å². The first-order valence-electron chi connectivity index (χ1n) is 9.88. The smallest absolute Gasteiger partial charge is 0.223 e. The van der Waals surface area contributed by atoms with Gasteiger partial charge < -0.3 is 15.0 Å². The molecule has 0 aromatic heterocycles. The molecule has 1 N–H and O–H groups in total. The molecule has 1 saturated heterocycles. The van der Waals surface area contributed by atoms with Gasteiger partial charge in [-0.1, -0.05) is 29.8 Å². The number of nitrogens with one attached hydrogen (secondary N) is 1. The first kappa shape index (κ1) is 20.5.